The van der Waals surface area contributed by atoms with Crippen molar-refractivity contribution in [1.29, 1.82) is 0 Å². The van der Waals surface area contributed by atoms with E-state index in [-0.39, 0.29) is 11.7 Å². The molecule has 0 bridgehead atoms. The zero-order valence-electron chi connectivity index (χ0n) is 12.4. The molecule has 0 aromatic carbocycles. The highest BCUT2D eigenvalue weighted by Crippen LogP contribution is 2.45. The molecule has 18 heavy (non-hydrogen) atoms. The second-order valence-electron chi connectivity index (χ2n) is 7.20. The van der Waals surface area contributed by atoms with E-state index >= 15 is 0 Å². The van der Waals surface area contributed by atoms with Gasteiger partial charge in [0.25, 0.3) is 0 Å². The maximum Gasteiger partial charge on any atom is 0.0940 e. The average molecular weight is 254 g/mol. The summed E-state index contributed by atoms with van der Waals surface area (Å²) >= 11 is 0. The Morgan fingerprint density at radius 1 is 1.17 bits per heavy atom. The highest BCUT2D eigenvalue weighted by atomic mass is 16.5. The lowest BCUT2D eigenvalue weighted by Gasteiger charge is -2.46. The van der Waals surface area contributed by atoms with Crippen molar-refractivity contribution in [1.82, 2.24) is 0 Å². The van der Waals surface area contributed by atoms with Gasteiger partial charge in [0, 0.05) is 6.61 Å². The van der Waals surface area contributed by atoms with Crippen molar-refractivity contribution in [2.45, 2.75) is 83.8 Å². The van der Waals surface area contributed by atoms with Crippen LogP contribution >= 0.6 is 0 Å². The summed E-state index contributed by atoms with van der Waals surface area (Å²) < 4.78 is 6.03. The SMILES string of the molecule is CCOC1(C(O)CCC2CC2)CCC(C)(C)CC1. The van der Waals surface area contributed by atoms with E-state index in [2.05, 4.69) is 20.8 Å². The standard InChI is InChI=1S/C16H30O2/c1-4-18-16(11-9-15(2,3)10-12-16)14(17)8-7-13-5-6-13/h13-14,17H,4-12H2,1-3H3. The van der Waals surface area contributed by atoms with Crippen LogP contribution in [-0.2, 0) is 4.74 Å². The molecule has 2 saturated carbocycles. The van der Waals surface area contributed by atoms with Gasteiger partial charge in [0.1, 0.15) is 0 Å². The number of aliphatic hydroxyl groups is 1. The van der Waals surface area contributed by atoms with E-state index < -0.39 is 0 Å². The van der Waals surface area contributed by atoms with Crippen molar-refractivity contribution in [3.8, 4) is 0 Å². The fourth-order valence-electron chi connectivity index (χ4n) is 3.27. The van der Waals surface area contributed by atoms with Crippen LogP contribution in [0.3, 0.4) is 0 Å². The fourth-order valence-corrected chi connectivity index (χ4v) is 3.27. The fraction of sp³-hybridized carbons (Fsp3) is 1.00. The molecule has 1 N–H and O–H groups in total. The molecule has 2 heteroatoms. The van der Waals surface area contributed by atoms with E-state index in [4.69, 9.17) is 4.74 Å². The van der Waals surface area contributed by atoms with Crippen LogP contribution in [0.4, 0.5) is 0 Å². The summed E-state index contributed by atoms with van der Waals surface area (Å²) in [6.45, 7) is 7.44. The molecule has 0 heterocycles. The minimum absolute atomic E-state index is 0.237. The van der Waals surface area contributed by atoms with Crippen molar-refractivity contribution in [2.24, 2.45) is 11.3 Å². The summed E-state index contributed by atoms with van der Waals surface area (Å²) in [5, 5.41) is 10.6. The van der Waals surface area contributed by atoms with Crippen LogP contribution < -0.4 is 0 Å². The smallest absolute Gasteiger partial charge is 0.0940 e. The van der Waals surface area contributed by atoms with Gasteiger partial charge in [0.2, 0.25) is 0 Å². The maximum atomic E-state index is 10.6. The number of rotatable bonds is 6. The van der Waals surface area contributed by atoms with Gasteiger partial charge in [0.15, 0.2) is 0 Å². The second-order valence-corrected chi connectivity index (χ2v) is 7.20. The Bertz CT molecular complexity index is 258. The molecule has 2 nitrogen and oxygen atoms in total. The lowest BCUT2D eigenvalue weighted by atomic mass is 9.68. The minimum Gasteiger partial charge on any atom is -0.390 e. The molecule has 0 aromatic heterocycles. The predicted molar refractivity (Wildman–Crippen MR) is 74.6 cm³/mol. The molecule has 106 valence electrons. The van der Waals surface area contributed by atoms with Gasteiger partial charge in [-0.25, -0.2) is 0 Å². The Kier molecular flexibility index (Phi) is 4.38. The van der Waals surface area contributed by atoms with Gasteiger partial charge < -0.3 is 9.84 Å². The highest BCUT2D eigenvalue weighted by molar-refractivity contribution is 4.96. The van der Waals surface area contributed by atoms with Crippen LogP contribution in [-0.4, -0.2) is 23.4 Å². The molecule has 0 spiro atoms. The number of ether oxygens (including phenoxy) is 1. The van der Waals surface area contributed by atoms with Crippen LogP contribution in [0.5, 0.6) is 0 Å². The van der Waals surface area contributed by atoms with E-state index in [0.717, 1.165) is 31.8 Å². The minimum atomic E-state index is -0.255. The Labute approximate surface area is 112 Å². The van der Waals surface area contributed by atoms with Gasteiger partial charge in [-0.2, -0.15) is 0 Å². The summed E-state index contributed by atoms with van der Waals surface area (Å²) in [6, 6.07) is 0. The van der Waals surface area contributed by atoms with Crippen LogP contribution in [0, 0.1) is 11.3 Å². The molecule has 2 fully saturated rings. The monoisotopic (exact) mass is 254 g/mol. The first kappa shape index (κ1) is 14.3. The molecule has 0 amide bonds. The first-order valence-corrected chi connectivity index (χ1v) is 7.79. The van der Waals surface area contributed by atoms with Crippen molar-refractivity contribution in [3.63, 3.8) is 0 Å². The molecular weight excluding hydrogens is 224 g/mol. The molecule has 2 aliphatic carbocycles. The maximum absolute atomic E-state index is 10.6. The van der Waals surface area contributed by atoms with Crippen molar-refractivity contribution in [2.75, 3.05) is 6.61 Å². The quantitative estimate of drug-likeness (QED) is 0.778. The normalized spacial score (nSPS) is 28.0. The van der Waals surface area contributed by atoms with E-state index in [1.807, 2.05) is 0 Å². The largest absolute Gasteiger partial charge is 0.390 e. The van der Waals surface area contributed by atoms with E-state index in [0.29, 0.717) is 5.41 Å². The summed E-state index contributed by atoms with van der Waals surface area (Å²) in [5.74, 6) is 0.901. The second kappa shape index (κ2) is 5.50. The molecule has 1 atom stereocenters. The number of hydrogen-bond acceptors (Lipinski definition) is 2. The third-order valence-corrected chi connectivity index (χ3v) is 5.03. The van der Waals surface area contributed by atoms with Gasteiger partial charge >= 0.3 is 0 Å². The van der Waals surface area contributed by atoms with Crippen molar-refractivity contribution >= 4 is 0 Å². The average Bonchev–Trinajstić information content (AvgIpc) is 3.13. The predicted octanol–water partition coefficient (Wildman–Crippen LogP) is 3.91. The summed E-state index contributed by atoms with van der Waals surface area (Å²) in [7, 11) is 0. The molecule has 2 rings (SSSR count). The molecule has 0 aliphatic heterocycles. The first-order valence-electron chi connectivity index (χ1n) is 7.79. The third kappa shape index (κ3) is 3.48. The van der Waals surface area contributed by atoms with Crippen LogP contribution in [0.25, 0.3) is 0 Å². The van der Waals surface area contributed by atoms with Gasteiger partial charge in [-0.1, -0.05) is 26.7 Å². The third-order valence-electron chi connectivity index (χ3n) is 5.03. The topological polar surface area (TPSA) is 29.5 Å². The Balaban J connectivity index is 1.92. The zero-order chi connectivity index (χ0) is 13.2. The zero-order valence-corrected chi connectivity index (χ0v) is 12.4. The Hall–Kier alpha value is -0.0800. The van der Waals surface area contributed by atoms with Crippen LogP contribution in [0.15, 0.2) is 0 Å². The van der Waals surface area contributed by atoms with Crippen LogP contribution in [0.2, 0.25) is 0 Å². The van der Waals surface area contributed by atoms with Gasteiger partial charge in [-0.15, -0.1) is 0 Å². The van der Waals surface area contributed by atoms with Gasteiger partial charge in [-0.05, 0) is 56.8 Å². The molecular formula is C16H30O2. The van der Waals surface area contributed by atoms with Crippen molar-refractivity contribution < 1.29 is 9.84 Å². The molecule has 0 aromatic rings. The number of hydrogen-bond donors (Lipinski definition) is 1. The van der Waals surface area contributed by atoms with E-state index in [9.17, 15) is 5.11 Å². The summed E-state index contributed by atoms with van der Waals surface area (Å²) in [6.07, 6.45) is 9.03. The van der Waals surface area contributed by atoms with E-state index in [1.54, 1.807) is 0 Å². The van der Waals surface area contributed by atoms with E-state index in [1.165, 1.54) is 32.1 Å². The highest BCUT2D eigenvalue weighted by Gasteiger charge is 2.44. The number of aliphatic hydroxyl groups excluding tert-OH is 1. The lowest BCUT2D eigenvalue weighted by Crippen LogP contribution is -2.49. The molecule has 0 radical (unpaired) electrons. The molecule has 2 aliphatic rings. The summed E-state index contributed by atoms with van der Waals surface area (Å²) in [4.78, 5) is 0. The summed E-state index contributed by atoms with van der Waals surface area (Å²) in [5.41, 5.74) is 0.190. The first-order chi connectivity index (χ1) is 8.47. The molecule has 1 unspecified atom stereocenters. The lowest BCUT2D eigenvalue weighted by molar-refractivity contribution is -0.153. The molecule has 0 saturated heterocycles. The Morgan fingerprint density at radius 2 is 1.78 bits per heavy atom. The van der Waals surface area contributed by atoms with Crippen molar-refractivity contribution in [3.05, 3.63) is 0 Å². The Morgan fingerprint density at radius 3 is 2.28 bits per heavy atom. The van der Waals surface area contributed by atoms with Gasteiger partial charge in [0.05, 0.1) is 11.7 Å². The van der Waals surface area contributed by atoms with Crippen LogP contribution in [0.1, 0.15) is 72.1 Å². The van der Waals surface area contributed by atoms with Gasteiger partial charge in [-0.3, -0.25) is 0 Å².